The SMILES string of the molecule is Clc1ccccc1-c1nnc(SCC2CCCCO2)n1-c1ccccc1. The van der Waals surface area contributed by atoms with E-state index >= 15 is 0 Å². The Morgan fingerprint density at radius 2 is 1.85 bits per heavy atom. The van der Waals surface area contributed by atoms with Crippen LogP contribution in [-0.2, 0) is 4.74 Å². The first-order chi connectivity index (χ1) is 12.8. The van der Waals surface area contributed by atoms with Crippen molar-refractivity contribution < 1.29 is 4.74 Å². The van der Waals surface area contributed by atoms with Crippen molar-refractivity contribution in [3.8, 4) is 17.1 Å². The second-order valence-corrected chi connectivity index (χ2v) is 7.65. The summed E-state index contributed by atoms with van der Waals surface area (Å²) >= 11 is 8.11. The summed E-state index contributed by atoms with van der Waals surface area (Å²) in [6.07, 6.45) is 3.81. The third kappa shape index (κ3) is 3.80. The summed E-state index contributed by atoms with van der Waals surface area (Å²) in [6, 6.07) is 17.9. The Balaban J connectivity index is 1.69. The number of benzene rings is 2. The molecule has 0 spiro atoms. The van der Waals surface area contributed by atoms with Gasteiger partial charge < -0.3 is 4.74 Å². The highest BCUT2D eigenvalue weighted by molar-refractivity contribution is 7.99. The van der Waals surface area contributed by atoms with Crippen LogP contribution in [0.3, 0.4) is 0 Å². The summed E-state index contributed by atoms with van der Waals surface area (Å²) < 4.78 is 7.93. The molecule has 4 rings (SSSR count). The minimum absolute atomic E-state index is 0.290. The molecule has 0 saturated carbocycles. The van der Waals surface area contributed by atoms with Crippen LogP contribution in [0, 0.1) is 0 Å². The van der Waals surface area contributed by atoms with Crippen molar-refractivity contribution in [3.63, 3.8) is 0 Å². The maximum absolute atomic E-state index is 6.42. The third-order valence-electron chi connectivity index (χ3n) is 4.43. The summed E-state index contributed by atoms with van der Waals surface area (Å²) in [5.74, 6) is 1.64. The van der Waals surface area contributed by atoms with Gasteiger partial charge in [0.15, 0.2) is 11.0 Å². The van der Waals surface area contributed by atoms with E-state index in [1.165, 1.54) is 6.42 Å². The third-order valence-corrected chi connectivity index (χ3v) is 5.83. The molecule has 0 N–H and O–H groups in total. The maximum Gasteiger partial charge on any atom is 0.196 e. The number of para-hydroxylation sites is 1. The minimum Gasteiger partial charge on any atom is -0.377 e. The summed E-state index contributed by atoms with van der Waals surface area (Å²) in [5.41, 5.74) is 1.91. The molecule has 134 valence electrons. The Labute approximate surface area is 162 Å². The molecule has 0 radical (unpaired) electrons. The van der Waals surface area contributed by atoms with Crippen LogP contribution in [0.2, 0.25) is 5.02 Å². The molecule has 4 nitrogen and oxygen atoms in total. The Morgan fingerprint density at radius 3 is 2.62 bits per heavy atom. The lowest BCUT2D eigenvalue weighted by molar-refractivity contribution is 0.0315. The van der Waals surface area contributed by atoms with E-state index in [1.54, 1.807) is 11.8 Å². The zero-order chi connectivity index (χ0) is 17.8. The van der Waals surface area contributed by atoms with Crippen LogP contribution in [0.5, 0.6) is 0 Å². The molecule has 1 atom stereocenters. The first-order valence-corrected chi connectivity index (χ1v) is 10.2. The van der Waals surface area contributed by atoms with E-state index in [9.17, 15) is 0 Å². The lowest BCUT2D eigenvalue weighted by Crippen LogP contribution is -2.21. The molecule has 1 saturated heterocycles. The number of halogens is 1. The fourth-order valence-electron chi connectivity index (χ4n) is 3.10. The van der Waals surface area contributed by atoms with Crippen LogP contribution in [-0.4, -0.2) is 33.2 Å². The number of hydrogen-bond donors (Lipinski definition) is 0. The summed E-state index contributed by atoms with van der Waals surface area (Å²) in [7, 11) is 0. The standard InChI is InChI=1S/C20H20ClN3OS/c21-18-12-5-4-11-17(18)19-22-23-20(24(19)15-8-2-1-3-9-15)26-14-16-10-6-7-13-25-16/h1-5,8-9,11-12,16H,6-7,10,13-14H2. The largest absolute Gasteiger partial charge is 0.377 e. The average Bonchev–Trinajstić information content (AvgIpc) is 3.12. The molecule has 6 heteroatoms. The maximum atomic E-state index is 6.42. The van der Waals surface area contributed by atoms with Crippen LogP contribution in [0.4, 0.5) is 0 Å². The lowest BCUT2D eigenvalue weighted by atomic mass is 10.1. The molecule has 1 aromatic heterocycles. The van der Waals surface area contributed by atoms with E-state index in [0.717, 1.165) is 47.4 Å². The van der Waals surface area contributed by atoms with E-state index in [2.05, 4.69) is 26.9 Å². The molecule has 1 fully saturated rings. The molecule has 1 unspecified atom stereocenters. The molecule has 0 bridgehead atoms. The lowest BCUT2D eigenvalue weighted by Gasteiger charge is -2.22. The average molecular weight is 386 g/mol. The Morgan fingerprint density at radius 1 is 1.04 bits per heavy atom. The molecular formula is C20H20ClN3OS. The summed E-state index contributed by atoms with van der Waals surface area (Å²) in [4.78, 5) is 0. The van der Waals surface area contributed by atoms with Crippen molar-refractivity contribution in [3.05, 3.63) is 59.6 Å². The zero-order valence-corrected chi connectivity index (χ0v) is 15.9. The van der Waals surface area contributed by atoms with Gasteiger partial charge >= 0.3 is 0 Å². The number of nitrogens with zero attached hydrogens (tertiary/aromatic N) is 3. The van der Waals surface area contributed by atoms with Crippen molar-refractivity contribution in [1.82, 2.24) is 14.8 Å². The van der Waals surface area contributed by atoms with Crippen molar-refractivity contribution in [1.29, 1.82) is 0 Å². The van der Waals surface area contributed by atoms with Crippen LogP contribution in [0.1, 0.15) is 19.3 Å². The van der Waals surface area contributed by atoms with Gasteiger partial charge in [-0.25, -0.2) is 0 Å². The van der Waals surface area contributed by atoms with E-state index in [-0.39, 0.29) is 0 Å². The fourth-order valence-corrected chi connectivity index (χ4v) is 4.33. The van der Waals surface area contributed by atoms with E-state index < -0.39 is 0 Å². The van der Waals surface area contributed by atoms with Gasteiger partial charge in [-0.05, 0) is 43.5 Å². The number of hydrogen-bond acceptors (Lipinski definition) is 4. The van der Waals surface area contributed by atoms with Crippen LogP contribution < -0.4 is 0 Å². The first kappa shape index (κ1) is 17.6. The van der Waals surface area contributed by atoms with Gasteiger partial charge in [0.1, 0.15) is 0 Å². The quantitative estimate of drug-likeness (QED) is 0.562. The van der Waals surface area contributed by atoms with Crippen LogP contribution >= 0.6 is 23.4 Å². The normalized spacial score (nSPS) is 17.3. The Bertz CT molecular complexity index is 863. The van der Waals surface area contributed by atoms with Crippen LogP contribution in [0.15, 0.2) is 59.8 Å². The second kappa shape index (κ2) is 8.25. The minimum atomic E-state index is 0.290. The van der Waals surface area contributed by atoms with E-state index in [1.807, 2.05) is 42.5 Å². The van der Waals surface area contributed by atoms with Gasteiger partial charge in [0.05, 0.1) is 11.1 Å². The van der Waals surface area contributed by atoms with Crippen molar-refractivity contribution in [2.24, 2.45) is 0 Å². The van der Waals surface area contributed by atoms with Gasteiger partial charge in [0, 0.05) is 23.6 Å². The van der Waals surface area contributed by atoms with Crippen molar-refractivity contribution in [2.45, 2.75) is 30.5 Å². The van der Waals surface area contributed by atoms with E-state index in [4.69, 9.17) is 16.3 Å². The predicted octanol–water partition coefficient (Wildman–Crippen LogP) is 5.25. The van der Waals surface area contributed by atoms with E-state index in [0.29, 0.717) is 11.1 Å². The molecule has 2 aromatic carbocycles. The highest BCUT2D eigenvalue weighted by Gasteiger charge is 2.20. The van der Waals surface area contributed by atoms with Gasteiger partial charge in [-0.3, -0.25) is 4.57 Å². The highest BCUT2D eigenvalue weighted by Crippen LogP contribution is 2.32. The molecule has 1 aliphatic heterocycles. The molecule has 26 heavy (non-hydrogen) atoms. The summed E-state index contributed by atoms with van der Waals surface area (Å²) in [6.45, 7) is 0.863. The molecule has 1 aliphatic rings. The molecule has 0 amide bonds. The second-order valence-electron chi connectivity index (χ2n) is 6.26. The van der Waals surface area contributed by atoms with Crippen LogP contribution in [0.25, 0.3) is 17.1 Å². The number of thioether (sulfide) groups is 1. The van der Waals surface area contributed by atoms with Crippen molar-refractivity contribution in [2.75, 3.05) is 12.4 Å². The Hall–Kier alpha value is -1.82. The first-order valence-electron chi connectivity index (χ1n) is 8.83. The number of rotatable bonds is 5. The van der Waals surface area contributed by atoms with Gasteiger partial charge in [0.25, 0.3) is 0 Å². The molecule has 3 aromatic rings. The molecule has 2 heterocycles. The van der Waals surface area contributed by atoms with Gasteiger partial charge in [-0.2, -0.15) is 0 Å². The summed E-state index contributed by atoms with van der Waals surface area (Å²) in [5, 5.41) is 10.4. The highest BCUT2D eigenvalue weighted by atomic mass is 35.5. The van der Waals surface area contributed by atoms with Gasteiger partial charge in [-0.1, -0.05) is 53.7 Å². The van der Waals surface area contributed by atoms with Gasteiger partial charge in [-0.15, -0.1) is 10.2 Å². The van der Waals surface area contributed by atoms with Crippen molar-refractivity contribution >= 4 is 23.4 Å². The van der Waals surface area contributed by atoms with Gasteiger partial charge in [0.2, 0.25) is 0 Å². The molecular weight excluding hydrogens is 366 g/mol. The smallest absolute Gasteiger partial charge is 0.196 e. The monoisotopic (exact) mass is 385 g/mol. The number of ether oxygens (including phenoxy) is 1. The topological polar surface area (TPSA) is 39.9 Å². The zero-order valence-electron chi connectivity index (χ0n) is 14.3. The fraction of sp³-hybridized carbons (Fsp3) is 0.300. The Kier molecular flexibility index (Phi) is 5.58. The predicted molar refractivity (Wildman–Crippen MR) is 106 cm³/mol. The molecule has 0 aliphatic carbocycles. The number of aromatic nitrogens is 3.